The van der Waals surface area contributed by atoms with E-state index >= 15 is 0 Å². The third-order valence-corrected chi connectivity index (χ3v) is 4.20. The highest BCUT2D eigenvalue weighted by molar-refractivity contribution is 9.09. The van der Waals surface area contributed by atoms with Gasteiger partial charge in [0.25, 0.3) is 0 Å². The number of ether oxygens (including phenoxy) is 1. The summed E-state index contributed by atoms with van der Waals surface area (Å²) in [5.74, 6) is 0. The fourth-order valence-corrected chi connectivity index (χ4v) is 2.74. The van der Waals surface area contributed by atoms with Crippen LogP contribution in [0.2, 0.25) is 0 Å². The molecule has 2 heteroatoms. The van der Waals surface area contributed by atoms with Crippen molar-refractivity contribution < 1.29 is 4.74 Å². The number of hydrogen-bond acceptors (Lipinski definition) is 1. The summed E-state index contributed by atoms with van der Waals surface area (Å²) < 4.78 is 5.67. The van der Waals surface area contributed by atoms with Crippen molar-refractivity contribution in [1.82, 2.24) is 0 Å². The minimum Gasteiger partial charge on any atom is -0.377 e. The van der Waals surface area contributed by atoms with E-state index in [0.29, 0.717) is 16.9 Å². The molecule has 0 aromatic heterocycles. The highest BCUT2D eigenvalue weighted by Gasteiger charge is 2.64. The van der Waals surface area contributed by atoms with Gasteiger partial charge >= 0.3 is 0 Å². The van der Waals surface area contributed by atoms with Crippen LogP contribution in [0, 0.1) is 10.8 Å². The van der Waals surface area contributed by atoms with E-state index in [0.717, 1.165) is 11.9 Å². The minimum absolute atomic E-state index is 0.483. The van der Waals surface area contributed by atoms with Crippen LogP contribution in [0.3, 0.4) is 0 Å². The maximum atomic E-state index is 5.67. The van der Waals surface area contributed by atoms with Crippen LogP contribution in [0.5, 0.6) is 0 Å². The Morgan fingerprint density at radius 3 is 2.45 bits per heavy atom. The van der Waals surface area contributed by atoms with Gasteiger partial charge in [0.1, 0.15) is 0 Å². The van der Waals surface area contributed by atoms with Crippen LogP contribution in [0.15, 0.2) is 0 Å². The summed E-state index contributed by atoms with van der Waals surface area (Å²) in [5, 5.41) is 1.00. The molecule has 0 radical (unpaired) electrons. The second-order valence-corrected chi connectivity index (χ2v) is 5.28. The quantitative estimate of drug-likeness (QED) is 0.616. The molecule has 1 heterocycles. The molecule has 0 N–H and O–H groups in total. The highest BCUT2D eigenvalue weighted by atomic mass is 79.9. The molecule has 1 saturated carbocycles. The molecule has 1 aliphatic carbocycles. The third-order valence-electron chi connectivity index (χ3n) is 3.48. The van der Waals surface area contributed by atoms with E-state index in [4.69, 9.17) is 4.74 Å². The van der Waals surface area contributed by atoms with E-state index in [9.17, 15) is 0 Å². The van der Waals surface area contributed by atoms with E-state index < -0.39 is 0 Å². The van der Waals surface area contributed by atoms with E-state index in [1.807, 2.05) is 0 Å². The second-order valence-electron chi connectivity index (χ2n) is 4.63. The van der Waals surface area contributed by atoms with Gasteiger partial charge in [-0.15, -0.1) is 0 Å². The van der Waals surface area contributed by atoms with Crippen molar-refractivity contribution >= 4 is 15.9 Å². The average Bonchev–Trinajstić information content (AvgIpc) is 2.35. The van der Waals surface area contributed by atoms with Gasteiger partial charge in [-0.2, -0.15) is 0 Å². The van der Waals surface area contributed by atoms with Crippen LogP contribution in [0.1, 0.15) is 26.7 Å². The van der Waals surface area contributed by atoms with Gasteiger partial charge in [0.2, 0.25) is 0 Å². The smallest absolute Gasteiger partial charge is 0.0678 e. The molecule has 1 nitrogen and oxygen atoms in total. The normalized spacial score (nSPS) is 46.6. The van der Waals surface area contributed by atoms with Crippen molar-refractivity contribution in [2.75, 3.05) is 11.9 Å². The molecule has 0 aromatic rings. The molecule has 2 fully saturated rings. The Labute approximate surface area is 76.6 Å². The zero-order valence-electron chi connectivity index (χ0n) is 7.19. The second kappa shape index (κ2) is 2.23. The summed E-state index contributed by atoms with van der Waals surface area (Å²) in [6, 6.07) is 0. The van der Waals surface area contributed by atoms with Crippen LogP contribution in [0.4, 0.5) is 0 Å². The Hall–Kier alpha value is 0.440. The predicted molar refractivity (Wildman–Crippen MR) is 49.0 cm³/mol. The predicted octanol–water partition coefficient (Wildman–Crippen LogP) is 2.59. The molecule has 0 bridgehead atoms. The van der Waals surface area contributed by atoms with Gasteiger partial charge in [-0.1, -0.05) is 29.8 Å². The molecule has 1 saturated heterocycles. The first kappa shape index (κ1) is 8.06. The summed E-state index contributed by atoms with van der Waals surface area (Å²) in [5.41, 5.74) is 1.12. The molecule has 0 aromatic carbocycles. The average molecular weight is 219 g/mol. The lowest BCUT2D eigenvalue weighted by Crippen LogP contribution is -2.09. The molecule has 0 unspecified atom stereocenters. The molecule has 1 aliphatic heterocycles. The van der Waals surface area contributed by atoms with E-state index in [1.165, 1.54) is 12.8 Å². The Balaban J connectivity index is 2.01. The summed E-state index contributed by atoms with van der Waals surface area (Å²) in [4.78, 5) is 0. The number of halogens is 1. The van der Waals surface area contributed by atoms with Crippen LogP contribution in [-0.4, -0.2) is 18.0 Å². The maximum absolute atomic E-state index is 5.67. The van der Waals surface area contributed by atoms with Crippen molar-refractivity contribution in [3.63, 3.8) is 0 Å². The van der Waals surface area contributed by atoms with E-state index in [-0.39, 0.29) is 0 Å². The van der Waals surface area contributed by atoms with Crippen LogP contribution in [-0.2, 0) is 4.74 Å². The van der Waals surface area contributed by atoms with Gasteiger partial charge < -0.3 is 4.74 Å². The zero-order chi connectivity index (χ0) is 8.11. The monoisotopic (exact) mass is 218 g/mol. The first-order chi connectivity index (χ1) is 5.10. The van der Waals surface area contributed by atoms with Crippen molar-refractivity contribution in [2.45, 2.75) is 32.8 Å². The van der Waals surface area contributed by atoms with Gasteiger partial charge in [0, 0.05) is 10.7 Å². The number of alkyl halides is 1. The molecule has 2 aliphatic rings. The fourth-order valence-electron chi connectivity index (χ4n) is 2.33. The Morgan fingerprint density at radius 1 is 1.55 bits per heavy atom. The van der Waals surface area contributed by atoms with Gasteiger partial charge in [-0.05, 0) is 18.3 Å². The molecular formula is C9H15BrO. The van der Waals surface area contributed by atoms with Gasteiger partial charge in [-0.3, -0.25) is 0 Å². The first-order valence-corrected chi connectivity index (χ1v) is 5.39. The molecule has 2 rings (SSSR count). The lowest BCUT2D eigenvalue weighted by molar-refractivity contribution is 0.118. The zero-order valence-corrected chi connectivity index (χ0v) is 8.78. The van der Waals surface area contributed by atoms with E-state index in [2.05, 4.69) is 29.8 Å². The largest absolute Gasteiger partial charge is 0.377 e. The third kappa shape index (κ3) is 1.06. The molecule has 0 amide bonds. The summed E-state index contributed by atoms with van der Waals surface area (Å²) in [6.45, 7) is 5.70. The van der Waals surface area contributed by atoms with Gasteiger partial charge in [-0.25, -0.2) is 0 Å². The summed E-state index contributed by atoms with van der Waals surface area (Å²) >= 11 is 3.47. The number of rotatable bonds is 1. The van der Waals surface area contributed by atoms with Gasteiger partial charge in [0.15, 0.2) is 0 Å². The number of hydrogen-bond donors (Lipinski definition) is 0. The van der Waals surface area contributed by atoms with Crippen LogP contribution < -0.4 is 0 Å². The Bertz CT molecular complexity index is 178. The van der Waals surface area contributed by atoms with Gasteiger partial charge in [0.05, 0.1) is 12.7 Å². The van der Waals surface area contributed by atoms with Crippen molar-refractivity contribution in [3.8, 4) is 0 Å². The summed E-state index contributed by atoms with van der Waals surface area (Å²) in [6.07, 6.45) is 3.12. The maximum Gasteiger partial charge on any atom is 0.0678 e. The SMILES string of the molecule is CC1(C)C[C@@]12CO[C@@H](CBr)C2. The Morgan fingerprint density at radius 2 is 2.18 bits per heavy atom. The topological polar surface area (TPSA) is 9.23 Å². The molecule has 1 spiro atoms. The van der Waals surface area contributed by atoms with Crippen molar-refractivity contribution in [3.05, 3.63) is 0 Å². The summed E-state index contributed by atoms with van der Waals surface area (Å²) in [7, 11) is 0. The molecule has 11 heavy (non-hydrogen) atoms. The standard InChI is InChI=1S/C9H15BrO/c1-8(2)5-9(8)3-7(4-10)11-6-9/h7H,3-6H2,1-2H3/t7-,9+/m1/s1. The highest BCUT2D eigenvalue weighted by Crippen LogP contribution is 2.68. The van der Waals surface area contributed by atoms with E-state index in [1.54, 1.807) is 0 Å². The minimum atomic E-state index is 0.483. The lowest BCUT2D eigenvalue weighted by atomic mass is 9.93. The van der Waals surface area contributed by atoms with Crippen LogP contribution in [0.25, 0.3) is 0 Å². The molecular weight excluding hydrogens is 204 g/mol. The van der Waals surface area contributed by atoms with Crippen LogP contribution >= 0.6 is 15.9 Å². The van der Waals surface area contributed by atoms with Crippen molar-refractivity contribution in [2.24, 2.45) is 10.8 Å². The molecule has 2 atom stereocenters. The first-order valence-electron chi connectivity index (χ1n) is 4.27. The lowest BCUT2D eigenvalue weighted by Gasteiger charge is -2.09. The Kier molecular flexibility index (Phi) is 1.63. The van der Waals surface area contributed by atoms with Crippen molar-refractivity contribution in [1.29, 1.82) is 0 Å². The fraction of sp³-hybridized carbons (Fsp3) is 1.00. The molecule has 64 valence electrons.